The number of rotatable bonds is 3. The van der Waals surface area contributed by atoms with Crippen LogP contribution in [0.1, 0.15) is 38.8 Å². The summed E-state index contributed by atoms with van der Waals surface area (Å²) in [5.74, 6) is 0.00194. The minimum atomic E-state index is -0.257. The smallest absolute Gasteiger partial charge is 0.240 e. The predicted octanol–water partition coefficient (Wildman–Crippen LogP) is 1.98. The molecule has 1 heterocycles. The van der Waals surface area contributed by atoms with Crippen LogP contribution in [0.25, 0.3) is 0 Å². The fraction of sp³-hybridized carbons (Fsp3) is 0.588. The molecular weight excluding hydrogens is 264 g/mol. The number of hydrogen-bond acceptors (Lipinski definition) is 3. The Hall–Kier alpha value is -1.39. The van der Waals surface area contributed by atoms with Gasteiger partial charge in [0, 0.05) is 13.1 Å². The van der Waals surface area contributed by atoms with E-state index in [1.54, 1.807) is 0 Å². The van der Waals surface area contributed by atoms with Crippen molar-refractivity contribution >= 4 is 5.91 Å². The summed E-state index contributed by atoms with van der Waals surface area (Å²) in [6.07, 6.45) is -0.0815. The van der Waals surface area contributed by atoms with Crippen molar-refractivity contribution in [3.05, 3.63) is 35.4 Å². The van der Waals surface area contributed by atoms with E-state index < -0.39 is 0 Å². The predicted molar refractivity (Wildman–Crippen MR) is 84.2 cm³/mol. The fourth-order valence-corrected chi connectivity index (χ4v) is 2.45. The lowest BCUT2D eigenvalue weighted by Crippen LogP contribution is -2.55. The molecule has 4 nitrogen and oxygen atoms in total. The van der Waals surface area contributed by atoms with Crippen molar-refractivity contribution < 1.29 is 9.53 Å². The molecule has 21 heavy (non-hydrogen) atoms. The average molecular weight is 290 g/mol. The Morgan fingerprint density at radius 1 is 1.33 bits per heavy atom. The van der Waals surface area contributed by atoms with Crippen LogP contribution < -0.4 is 10.6 Å². The lowest BCUT2D eigenvalue weighted by molar-refractivity contribution is -0.129. The van der Waals surface area contributed by atoms with Gasteiger partial charge in [-0.15, -0.1) is 0 Å². The first-order valence-electron chi connectivity index (χ1n) is 7.60. The number of carbonyl (C=O) groups excluding carboxylic acids is 1. The molecule has 0 spiro atoms. The maximum absolute atomic E-state index is 12.2. The Bertz CT molecular complexity index is 477. The molecule has 1 aromatic rings. The summed E-state index contributed by atoms with van der Waals surface area (Å²) in [6, 6.07) is 8.16. The molecule has 4 heteroatoms. The molecule has 2 atom stereocenters. The lowest BCUT2D eigenvalue weighted by atomic mass is 9.87. The third-order valence-corrected chi connectivity index (χ3v) is 3.89. The van der Waals surface area contributed by atoms with E-state index in [0.717, 1.165) is 12.1 Å². The average Bonchev–Trinajstić information content (AvgIpc) is 2.45. The topological polar surface area (TPSA) is 50.4 Å². The highest BCUT2D eigenvalue weighted by molar-refractivity contribution is 5.82. The minimum Gasteiger partial charge on any atom is -0.375 e. The van der Waals surface area contributed by atoms with Crippen LogP contribution in [0.15, 0.2) is 24.3 Å². The quantitative estimate of drug-likeness (QED) is 0.895. The van der Waals surface area contributed by atoms with Gasteiger partial charge in [-0.1, -0.05) is 45.0 Å². The van der Waals surface area contributed by atoms with Crippen molar-refractivity contribution in [1.29, 1.82) is 0 Å². The Balaban J connectivity index is 1.89. The van der Waals surface area contributed by atoms with E-state index in [9.17, 15) is 4.79 Å². The second-order valence-electron chi connectivity index (χ2n) is 6.67. The van der Waals surface area contributed by atoms with Gasteiger partial charge in [-0.3, -0.25) is 4.79 Å². The van der Waals surface area contributed by atoms with Crippen LogP contribution in [0.5, 0.6) is 0 Å². The molecule has 0 bridgehead atoms. The molecular formula is C17H26N2O2. The van der Waals surface area contributed by atoms with Gasteiger partial charge < -0.3 is 15.4 Å². The molecule has 1 aliphatic heterocycles. The molecule has 1 amide bonds. The number of benzene rings is 1. The van der Waals surface area contributed by atoms with Crippen LogP contribution in [-0.2, 0) is 21.5 Å². The summed E-state index contributed by atoms with van der Waals surface area (Å²) in [4.78, 5) is 12.2. The van der Waals surface area contributed by atoms with E-state index in [2.05, 4.69) is 55.7 Å². The summed E-state index contributed by atoms with van der Waals surface area (Å²) in [5, 5.41) is 6.17. The van der Waals surface area contributed by atoms with Gasteiger partial charge in [0.05, 0.1) is 12.7 Å². The summed E-state index contributed by atoms with van der Waals surface area (Å²) in [5.41, 5.74) is 2.56. The number of ether oxygens (including phenoxy) is 1. The molecule has 2 N–H and O–H groups in total. The maximum Gasteiger partial charge on any atom is 0.240 e. The molecule has 1 aliphatic rings. The maximum atomic E-state index is 12.2. The third kappa shape index (κ3) is 4.29. The van der Waals surface area contributed by atoms with E-state index in [1.165, 1.54) is 5.56 Å². The van der Waals surface area contributed by atoms with E-state index in [0.29, 0.717) is 13.2 Å². The first-order chi connectivity index (χ1) is 9.88. The van der Waals surface area contributed by atoms with Crippen molar-refractivity contribution in [3.63, 3.8) is 0 Å². The summed E-state index contributed by atoms with van der Waals surface area (Å²) >= 11 is 0. The standard InChI is InChI=1S/C17H26N2O2/c1-12-15(18-9-10-21-12)16(20)19-11-13-5-7-14(8-6-13)17(2,3)4/h5-8,12,15,18H,9-11H2,1-4H3,(H,19,20)/t12-,15+/m1/s1. The summed E-state index contributed by atoms with van der Waals surface area (Å²) in [6.45, 7) is 10.4. The lowest BCUT2D eigenvalue weighted by Gasteiger charge is -2.29. The first kappa shape index (κ1) is 16.0. The highest BCUT2D eigenvalue weighted by atomic mass is 16.5. The monoisotopic (exact) mass is 290 g/mol. The van der Waals surface area contributed by atoms with Gasteiger partial charge in [-0.2, -0.15) is 0 Å². The zero-order valence-electron chi connectivity index (χ0n) is 13.4. The Morgan fingerprint density at radius 3 is 2.57 bits per heavy atom. The molecule has 0 aromatic heterocycles. The Morgan fingerprint density at radius 2 is 2.00 bits per heavy atom. The zero-order valence-corrected chi connectivity index (χ0v) is 13.4. The van der Waals surface area contributed by atoms with Crippen molar-refractivity contribution in [3.8, 4) is 0 Å². The van der Waals surface area contributed by atoms with E-state index in [1.807, 2.05) is 6.92 Å². The van der Waals surface area contributed by atoms with Crippen molar-refractivity contribution in [1.82, 2.24) is 10.6 Å². The molecule has 1 fully saturated rings. The van der Waals surface area contributed by atoms with E-state index in [4.69, 9.17) is 4.74 Å². The number of amides is 1. The van der Waals surface area contributed by atoms with Crippen LogP contribution in [0, 0.1) is 0 Å². The second-order valence-corrected chi connectivity index (χ2v) is 6.67. The summed E-state index contributed by atoms with van der Waals surface area (Å²) < 4.78 is 5.49. The van der Waals surface area contributed by atoms with Crippen molar-refractivity contribution in [2.45, 2.75) is 51.8 Å². The molecule has 116 valence electrons. The number of morpholine rings is 1. The molecule has 0 aliphatic carbocycles. The van der Waals surface area contributed by atoms with Gasteiger partial charge in [0.1, 0.15) is 6.04 Å². The van der Waals surface area contributed by atoms with Crippen LogP contribution in [0.3, 0.4) is 0 Å². The van der Waals surface area contributed by atoms with Gasteiger partial charge in [-0.25, -0.2) is 0 Å². The van der Waals surface area contributed by atoms with Crippen LogP contribution in [0.2, 0.25) is 0 Å². The SMILES string of the molecule is C[C@H]1OCCN[C@@H]1C(=O)NCc1ccc(C(C)(C)C)cc1. The molecule has 0 saturated carbocycles. The molecule has 2 rings (SSSR count). The Labute approximate surface area is 127 Å². The van der Waals surface area contributed by atoms with Crippen LogP contribution in [0.4, 0.5) is 0 Å². The highest BCUT2D eigenvalue weighted by Gasteiger charge is 2.27. The number of nitrogens with one attached hydrogen (secondary N) is 2. The third-order valence-electron chi connectivity index (χ3n) is 3.89. The van der Waals surface area contributed by atoms with Crippen LogP contribution in [-0.4, -0.2) is 31.2 Å². The second kappa shape index (κ2) is 6.58. The fourth-order valence-electron chi connectivity index (χ4n) is 2.45. The largest absolute Gasteiger partial charge is 0.375 e. The number of carbonyl (C=O) groups is 1. The van der Waals surface area contributed by atoms with Crippen molar-refractivity contribution in [2.24, 2.45) is 0 Å². The first-order valence-corrected chi connectivity index (χ1v) is 7.60. The zero-order chi connectivity index (χ0) is 15.5. The molecule has 1 saturated heterocycles. The van der Waals surface area contributed by atoms with E-state index >= 15 is 0 Å². The van der Waals surface area contributed by atoms with Crippen molar-refractivity contribution in [2.75, 3.05) is 13.2 Å². The molecule has 0 unspecified atom stereocenters. The van der Waals surface area contributed by atoms with Gasteiger partial charge in [0.25, 0.3) is 0 Å². The van der Waals surface area contributed by atoms with Crippen LogP contribution >= 0.6 is 0 Å². The highest BCUT2D eigenvalue weighted by Crippen LogP contribution is 2.22. The minimum absolute atomic E-state index is 0.00194. The van der Waals surface area contributed by atoms with E-state index in [-0.39, 0.29) is 23.5 Å². The summed E-state index contributed by atoms with van der Waals surface area (Å²) in [7, 11) is 0. The molecule has 1 aromatic carbocycles. The van der Waals surface area contributed by atoms with Gasteiger partial charge in [-0.05, 0) is 23.5 Å². The normalized spacial score (nSPS) is 22.9. The Kier molecular flexibility index (Phi) is 5.01. The van der Waals surface area contributed by atoms with Gasteiger partial charge in [0.2, 0.25) is 5.91 Å². The van der Waals surface area contributed by atoms with Gasteiger partial charge >= 0.3 is 0 Å². The molecule has 0 radical (unpaired) electrons. The number of hydrogen-bond donors (Lipinski definition) is 2. The van der Waals surface area contributed by atoms with Gasteiger partial charge in [0.15, 0.2) is 0 Å².